The van der Waals surface area contributed by atoms with E-state index in [1.807, 2.05) is 11.8 Å². The van der Waals surface area contributed by atoms with Crippen LogP contribution in [-0.4, -0.2) is 53.8 Å². The molecule has 0 radical (unpaired) electrons. The summed E-state index contributed by atoms with van der Waals surface area (Å²) in [6, 6.07) is 4.25. The Morgan fingerprint density at radius 1 is 1.35 bits per heavy atom. The molecular formula is C21H28N2O3. The van der Waals surface area contributed by atoms with Crippen molar-refractivity contribution in [3.8, 4) is 0 Å². The summed E-state index contributed by atoms with van der Waals surface area (Å²) >= 11 is 0. The lowest BCUT2D eigenvalue weighted by Crippen LogP contribution is -2.41. The summed E-state index contributed by atoms with van der Waals surface area (Å²) in [5, 5.41) is 11.1. The number of aromatic nitrogens is 1. The molecule has 2 saturated heterocycles. The molecule has 1 aromatic carbocycles. The SMILES string of the molecule is Cc1[nH]c2c(C)ccc(C)c2c1CC(=O)N1C[C@@H]2COCC[C@]2(CO)C1. The van der Waals surface area contributed by atoms with Gasteiger partial charge in [-0.1, -0.05) is 12.1 Å². The lowest BCUT2D eigenvalue weighted by Gasteiger charge is -2.36. The third-order valence-electron chi connectivity index (χ3n) is 6.56. The summed E-state index contributed by atoms with van der Waals surface area (Å²) in [5.74, 6) is 0.398. The Balaban J connectivity index is 1.61. The zero-order valence-electron chi connectivity index (χ0n) is 15.9. The second-order valence-corrected chi connectivity index (χ2v) is 8.17. The van der Waals surface area contributed by atoms with Crippen molar-refractivity contribution in [2.24, 2.45) is 11.3 Å². The molecule has 2 fully saturated rings. The second-order valence-electron chi connectivity index (χ2n) is 8.17. The van der Waals surface area contributed by atoms with Gasteiger partial charge in [0.1, 0.15) is 0 Å². The van der Waals surface area contributed by atoms with Gasteiger partial charge in [0.25, 0.3) is 0 Å². The van der Waals surface area contributed by atoms with Gasteiger partial charge in [0.2, 0.25) is 5.91 Å². The number of benzene rings is 1. The summed E-state index contributed by atoms with van der Waals surface area (Å²) in [6.45, 7) is 9.05. The molecule has 2 aromatic rings. The first-order valence-corrected chi connectivity index (χ1v) is 9.49. The van der Waals surface area contributed by atoms with Crippen LogP contribution in [0.1, 0.15) is 28.8 Å². The van der Waals surface area contributed by atoms with Crippen LogP contribution in [0.5, 0.6) is 0 Å². The molecule has 1 amide bonds. The number of H-pyrrole nitrogens is 1. The average molecular weight is 356 g/mol. The molecule has 0 unspecified atom stereocenters. The second kappa shape index (κ2) is 6.39. The van der Waals surface area contributed by atoms with Crippen molar-refractivity contribution in [1.29, 1.82) is 0 Å². The number of likely N-dealkylation sites (tertiary alicyclic amines) is 1. The maximum atomic E-state index is 13.1. The highest BCUT2D eigenvalue weighted by Crippen LogP contribution is 2.42. The third kappa shape index (κ3) is 2.65. The maximum absolute atomic E-state index is 13.1. The van der Waals surface area contributed by atoms with E-state index in [0.29, 0.717) is 32.7 Å². The van der Waals surface area contributed by atoms with Gasteiger partial charge in [-0.15, -0.1) is 0 Å². The maximum Gasteiger partial charge on any atom is 0.227 e. The first kappa shape index (κ1) is 17.6. The average Bonchev–Trinajstić information content (AvgIpc) is 3.18. The molecule has 2 aliphatic heterocycles. The number of hydrogen-bond donors (Lipinski definition) is 2. The number of aromatic amines is 1. The number of nitrogens with one attached hydrogen (secondary N) is 1. The van der Waals surface area contributed by atoms with Gasteiger partial charge in [0, 0.05) is 47.6 Å². The molecule has 26 heavy (non-hydrogen) atoms. The first-order chi connectivity index (χ1) is 12.4. The Morgan fingerprint density at radius 2 is 2.12 bits per heavy atom. The molecule has 2 aliphatic rings. The van der Waals surface area contributed by atoms with Crippen LogP contribution in [0.15, 0.2) is 12.1 Å². The van der Waals surface area contributed by atoms with Crippen molar-refractivity contribution in [3.63, 3.8) is 0 Å². The monoisotopic (exact) mass is 356 g/mol. The minimum atomic E-state index is -0.171. The van der Waals surface area contributed by atoms with Crippen molar-refractivity contribution in [2.45, 2.75) is 33.6 Å². The molecule has 2 N–H and O–H groups in total. The van der Waals surface area contributed by atoms with Gasteiger partial charge in [-0.25, -0.2) is 0 Å². The van der Waals surface area contributed by atoms with Crippen LogP contribution in [0.25, 0.3) is 10.9 Å². The Morgan fingerprint density at radius 3 is 2.85 bits per heavy atom. The molecule has 1 aromatic heterocycles. The summed E-state index contributed by atoms with van der Waals surface area (Å²) < 4.78 is 5.60. The molecule has 3 heterocycles. The molecule has 0 spiro atoms. The topological polar surface area (TPSA) is 65.6 Å². The van der Waals surface area contributed by atoms with Crippen molar-refractivity contribution in [1.82, 2.24) is 9.88 Å². The van der Waals surface area contributed by atoms with Crippen LogP contribution in [0.4, 0.5) is 0 Å². The van der Waals surface area contributed by atoms with Crippen LogP contribution in [-0.2, 0) is 16.0 Å². The van der Waals surface area contributed by atoms with E-state index in [1.54, 1.807) is 0 Å². The predicted octanol–water partition coefficient (Wildman–Crippen LogP) is 2.49. The van der Waals surface area contributed by atoms with E-state index in [4.69, 9.17) is 4.74 Å². The number of hydrogen-bond acceptors (Lipinski definition) is 3. The number of aryl methyl sites for hydroxylation is 3. The summed E-state index contributed by atoms with van der Waals surface area (Å²) in [4.78, 5) is 18.5. The van der Waals surface area contributed by atoms with Crippen molar-refractivity contribution in [2.75, 3.05) is 32.9 Å². The van der Waals surface area contributed by atoms with Crippen LogP contribution < -0.4 is 0 Å². The fraction of sp³-hybridized carbons (Fsp3) is 0.571. The van der Waals surface area contributed by atoms with E-state index >= 15 is 0 Å². The Kier molecular flexibility index (Phi) is 4.32. The first-order valence-electron chi connectivity index (χ1n) is 9.49. The number of carbonyl (C=O) groups is 1. The number of aliphatic hydroxyl groups is 1. The number of rotatable bonds is 3. The van der Waals surface area contributed by atoms with E-state index in [0.717, 1.165) is 23.2 Å². The number of amides is 1. The van der Waals surface area contributed by atoms with E-state index in [9.17, 15) is 9.90 Å². The van der Waals surface area contributed by atoms with Crippen LogP contribution in [0.3, 0.4) is 0 Å². The van der Waals surface area contributed by atoms with Gasteiger partial charge in [0.15, 0.2) is 0 Å². The van der Waals surface area contributed by atoms with E-state index < -0.39 is 0 Å². The molecule has 2 atom stereocenters. The molecule has 0 saturated carbocycles. The Bertz CT molecular complexity index is 857. The smallest absolute Gasteiger partial charge is 0.227 e. The quantitative estimate of drug-likeness (QED) is 0.888. The van der Waals surface area contributed by atoms with Gasteiger partial charge in [0.05, 0.1) is 19.6 Å². The molecular weight excluding hydrogens is 328 g/mol. The number of fused-ring (bicyclic) bond motifs is 2. The van der Waals surface area contributed by atoms with Gasteiger partial charge < -0.3 is 19.7 Å². The lowest BCUT2D eigenvalue weighted by atomic mass is 9.75. The summed E-state index contributed by atoms with van der Waals surface area (Å²) in [6.07, 6.45) is 1.24. The Labute approximate surface area is 154 Å². The number of aliphatic hydroxyl groups excluding tert-OH is 1. The van der Waals surface area contributed by atoms with Gasteiger partial charge in [-0.2, -0.15) is 0 Å². The standard InChI is InChI=1S/C21H28N2O3/c1-13-4-5-14(2)20-19(13)17(15(3)22-20)8-18(25)23-9-16-10-26-7-6-21(16,11-23)12-24/h4-5,16,22,24H,6-12H2,1-3H3/t16-,21-/m1/s1. The largest absolute Gasteiger partial charge is 0.396 e. The zero-order valence-corrected chi connectivity index (χ0v) is 15.9. The van der Waals surface area contributed by atoms with Crippen LogP contribution in [0, 0.1) is 32.1 Å². The highest BCUT2D eigenvalue weighted by atomic mass is 16.5. The molecule has 0 aliphatic carbocycles. The summed E-state index contributed by atoms with van der Waals surface area (Å²) in [7, 11) is 0. The van der Waals surface area contributed by atoms with Crippen molar-refractivity contribution in [3.05, 3.63) is 34.5 Å². The predicted molar refractivity (Wildman–Crippen MR) is 101 cm³/mol. The third-order valence-corrected chi connectivity index (χ3v) is 6.56. The summed E-state index contributed by atoms with van der Waals surface area (Å²) in [5.41, 5.74) is 5.55. The fourth-order valence-electron chi connectivity index (χ4n) is 4.79. The molecule has 140 valence electrons. The van der Waals surface area contributed by atoms with Crippen LogP contribution in [0.2, 0.25) is 0 Å². The van der Waals surface area contributed by atoms with Crippen LogP contribution >= 0.6 is 0 Å². The highest BCUT2D eigenvalue weighted by molar-refractivity contribution is 5.94. The molecule has 4 rings (SSSR count). The zero-order chi connectivity index (χ0) is 18.5. The van der Waals surface area contributed by atoms with E-state index in [-0.39, 0.29) is 23.8 Å². The number of carbonyl (C=O) groups excluding carboxylic acids is 1. The minimum Gasteiger partial charge on any atom is -0.396 e. The van der Waals surface area contributed by atoms with E-state index in [2.05, 4.69) is 31.0 Å². The fourth-order valence-corrected chi connectivity index (χ4v) is 4.79. The lowest BCUT2D eigenvalue weighted by molar-refractivity contribution is -0.130. The number of nitrogens with zero attached hydrogens (tertiary/aromatic N) is 1. The van der Waals surface area contributed by atoms with Gasteiger partial charge in [-0.05, 0) is 43.9 Å². The molecule has 5 heteroatoms. The van der Waals surface area contributed by atoms with Gasteiger partial charge >= 0.3 is 0 Å². The molecule has 0 bridgehead atoms. The van der Waals surface area contributed by atoms with Crippen molar-refractivity contribution >= 4 is 16.8 Å². The Hall–Kier alpha value is -1.85. The normalized spacial score (nSPS) is 25.7. The van der Waals surface area contributed by atoms with Crippen molar-refractivity contribution < 1.29 is 14.6 Å². The van der Waals surface area contributed by atoms with E-state index in [1.165, 1.54) is 16.5 Å². The highest BCUT2D eigenvalue weighted by Gasteiger charge is 2.49. The number of ether oxygens (including phenoxy) is 1. The minimum absolute atomic E-state index is 0.134. The molecule has 5 nitrogen and oxygen atoms in total. The van der Waals surface area contributed by atoms with Gasteiger partial charge in [-0.3, -0.25) is 4.79 Å².